The molecular weight excluding hydrogens is 907 g/mol. The molecule has 1 fully saturated rings. The minimum Gasteiger partial charge on any atom is -0.481 e. The van der Waals surface area contributed by atoms with E-state index in [1.807, 2.05) is 31.2 Å². The Hall–Kier alpha value is -6.47. The normalized spacial score (nSPS) is 12.1. The summed E-state index contributed by atoms with van der Waals surface area (Å²) in [6, 6.07) is 27.6. The Kier molecular flexibility index (Phi) is 18.9. The van der Waals surface area contributed by atoms with E-state index >= 15 is 0 Å². The number of amides is 3. The number of halogens is 2. The number of anilines is 2. The summed E-state index contributed by atoms with van der Waals surface area (Å²) in [4.78, 5) is 62.9. The first kappa shape index (κ1) is 50.5. The maximum atomic E-state index is 14.2. The molecule has 66 heavy (non-hydrogen) atoms. The Labute approximate surface area is 394 Å². The summed E-state index contributed by atoms with van der Waals surface area (Å²) in [5.74, 6) is -3.42. The number of carbonyl (C=O) groups excluding carboxylic acids is 3. The topological polar surface area (TPSA) is 213 Å². The fourth-order valence-electron chi connectivity index (χ4n) is 6.29. The van der Waals surface area contributed by atoms with Crippen molar-refractivity contribution in [3.8, 4) is 21.1 Å². The predicted octanol–water partition coefficient (Wildman–Crippen LogP) is 9.19. The van der Waals surface area contributed by atoms with Crippen LogP contribution in [0.2, 0.25) is 5.02 Å². The number of aliphatic carboxylic acids is 2. The van der Waals surface area contributed by atoms with Crippen LogP contribution in [-0.2, 0) is 16.1 Å². The third-order valence-electron chi connectivity index (χ3n) is 10.1. The molecule has 0 spiro atoms. The molecule has 3 amide bonds. The van der Waals surface area contributed by atoms with Gasteiger partial charge in [0.1, 0.15) is 15.8 Å². The van der Waals surface area contributed by atoms with Gasteiger partial charge in [0.15, 0.2) is 0 Å². The molecule has 4 aromatic carbocycles. The number of aromatic nitrogens is 4. The number of hydrogen-bond acceptors (Lipinski definition) is 12. The zero-order valence-electron chi connectivity index (χ0n) is 36.6. The van der Waals surface area contributed by atoms with Crippen LogP contribution in [0, 0.1) is 11.7 Å². The highest BCUT2D eigenvalue weighted by molar-refractivity contribution is 7.19. The first-order valence-corrected chi connectivity index (χ1v) is 23.2. The summed E-state index contributed by atoms with van der Waals surface area (Å²) in [5, 5.41) is 36.3. The smallest absolute Gasteiger partial charge is 0.309 e. The molecule has 0 aliphatic carbocycles. The zero-order chi connectivity index (χ0) is 47.8. The van der Waals surface area contributed by atoms with Crippen molar-refractivity contribution in [1.82, 2.24) is 25.3 Å². The fourth-order valence-corrected chi connectivity index (χ4v) is 8.25. The average molecular weight is 958 g/mol. The van der Waals surface area contributed by atoms with Crippen molar-refractivity contribution < 1.29 is 38.6 Å². The Morgan fingerprint density at radius 3 is 1.64 bits per heavy atom. The molecule has 346 valence electrons. The molecule has 1 aliphatic rings. The van der Waals surface area contributed by atoms with Crippen molar-refractivity contribution in [2.24, 2.45) is 11.7 Å². The average Bonchev–Trinajstić information content (AvgIpc) is 4.00. The number of primary amides is 1. The van der Waals surface area contributed by atoms with E-state index in [2.05, 4.69) is 32.2 Å². The molecule has 1 saturated heterocycles. The van der Waals surface area contributed by atoms with Gasteiger partial charge >= 0.3 is 11.9 Å². The van der Waals surface area contributed by atoms with Crippen molar-refractivity contribution in [2.45, 2.75) is 59.4 Å². The quantitative estimate of drug-likeness (QED) is 0.0781. The van der Waals surface area contributed by atoms with Crippen molar-refractivity contribution in [3.63, 3.8) is 0 Å². The monoisotopic (exact) mass is 956 g/mol. The lowest BCUT2D eigenvalue weighted by atomic mass is 9.99. The number of carboxylic acid groups (broad SMARTS) is 2. The highest BCUT2D eigenvalue weighted by Crippen LogP contribution is 2.33. The van der Waals surface area contributed by atoms with Gasteiger partial charge in [-0.3, -0.25) is 38.7 Å². The second-order valence-corrected chi connectivity index (χ2v) is 17.3. The maximum absolute atomic E-state index is 14.2. The van der Waals surface area contributed by atoms with Crippen LogP contribution >= 0.6 is 34.3 Å². The van der Waals surface area contributed by atoms with Crippen LogP contribution < -0.4 is 15.5 Å². The van der Waals surface area contributed by atoms with Crippen molar-refractivity contribution >= 4 is 74.2 Å². The summed E-state index contributed by atoms with van der Waals surface area (Å²) >= 11 is 8.82. The summed E-state index contributed by atoms with van der Waals surface area (Å²) < 4.78 is 14.2. The first-order chi connectivity index (χ1) is 31.7. The Bertz CT molecular complexity index is 2590. The minimum absolute atomic E-state index is 0.0193. The lowest BCUT2D eigenvalue weighted by Crippen LogP contribution is -2.49. The molecule has 7 rings (SSSR count). The van der Waals surface area contributed by atoms with Gasteiger partial charge in [-0.1, -0.05) is 129 Å². The predicted molar refractivity (Wildman–Crippen MR) is 255 cm³/mol. The van der Waals surface area contributed by atoms with Crippen LogP contribution in [0.15, 0.2) is 97.1 Å². The lowest BCUT2D eigenvalue weighted by molar-refractivity contribution is -0.147. The van der Waals surface area contributed by atoms with Gasteiger partial charge < -0.3 is 15.9 Å². The van der Waals surface area contributed by atoms with Crippen LogP contribution in [0.3, 0.4) is 0 Å². The van der Waals surface area contributed by atoms with E-state index in [9.17, 15) is 28.4 Å². The summed E-state index contributed by atoms with van der Waals surface area (Å²) in [6.07, 6.45) is 3.65. The Balaban J connectivity index is 0.000000227. The number of rotatable bonds is 17. The number of carboxylic acids is 2. The van der Waals surface area contributed by atoms with Gasteiger partial charge in [0.2, 0.25) is 16.2 Å². The zero-order valence-corrected chi connectivity index (χ0v) is 39.0. The molecule has 1 aliphatic heterocycles. The summed E-state index contributed by atoms with van der Waals surface area (Å²) in [7, 11) is 0. The highest BCUT2D eigenvalue weighted by atomic mass is 35.5. The second kappa shape index (κ2) is 24.7. The molecular formula is C47H50ClFN8O7S2. The van der Waals surface area contributed by atoms with Crippen LogP contribution in [0.5, 0.6) is 0 Å². The number of nitrogens with two attached hydrogens (primary N) is 1. The minimum atomic E-state index is -0.745. The second-order valence-electron chi connectivity index (χ2n) is 15.0. The maximum Gasteiger partial charge on any atom is 0.309 e. The van der Waals surface area contributed by atoms with Crippen LogP contribution in [0.1, 0.15) is 89.5 Å². The van der Waals surface area contributed by atoms with Crippen molar-refractivity contribution in [1.29, 1.82) is 0 Å². The van der Waals surface area contributed by atoms with Gasteiger partial charge in [0, 0.05) is 55.8 Å². The SMILES string of the molecule is CCC(=O)O.CCCCN(C(=O)c1ccccc1Cl)c1nnc(-c2ccc(C(N)=O)cc2)s1.CCCCN(C(=O)c1ccccc1F)c1nnc(-c2ccc(CN3CC(C(=O)O)C3)cc2)s1. The number of benzene rings is 4. The summed E-state index contributed by atoms with van der Waals surface area (Å²) in [6.45, 7) is 8.49. The molecule has 3 heterocycles. The first-order valence-electron chi connectivity index (χ1n) is 21.2. The molecule has 2 aromatic heterocycles. The van der Waals surface area contributed by atoms with E-state index < -0.39 is 29.6 Å². The van der Waals surface area contributed by atoms with E-state index in [1.54, 1.807) is 72.5 Å². The van der Waals surface area contributed by atoms with Crippen molar-refractivity contribution in [2.75, 3.05) is 36.0 Å². The van der Waals surface area contributed by atoms with E-state index in [0.29, 0.717) is 69.2 Å². The van der Waals surface area contributed by atoms with E-state index in [1.165, 1.54) is 39.7 Å². The number of carbonyl (C=O) groups is 5. The third-order valence-corrected chi connectivity index (χ3v) is 12.4. The molecule has 6 aromatic rings. The van der Waals surface area contributed by atoms with Crippen LogP contribution in [-0.4, -0.2) is 91.3 Å². The van der Waals surface area contributed by atoms with Gasteiger partial charge in [-0.15, -0.1) is 20.4 Å². The van der Waals surface area contributed by atoms with Gasteiger partial charge in [0.25, 0.3) is 11.8 Å². The molecule has 0 saturated carbocycles. The van der Waals surface area contributed by atoms with E-state index in [-0.39, 0.29) is 23.8 Å². The number of unbranched alkanes of at least 4 members (excludes halogenated alkanes) is 2. The molecule has 0 unspecified atom stereocenters. The molecule has 15 nitrogen and oxygen atoms in total. The van der Waals surface area contributed by atoms with Crippen LogP contribution in [0.4, 0.5) is 14.7 Å². The standard InChI is InChI=1S/C24H25FN4O3S.C20H19ClN4O2S.C3H6O2/c1-2-3-12-29(22(30)19-6-4-5-7-20(19)25)24-27-26-21(33-24)17-10-8-16(9-11-17)13-28-14-18(15-28)23(31)32;1-2-3-12-25(19(27)15-6-4-5-7-16(15)21)20-24-23-18(28-20)14-10-8-13(9-11-14)17(22)26;1-2-3(4)5/h4-11,18H,2-3,12-15H2,1H3,(H,31,32);4-11H,2-3,12H2,1H3,(H2,22,26);2H2,1H3,(H,4,5). The molecule has 0 radical (unpaired) electrons. The van der Waals surface area contributed by atoms with Gasteiger partial charge in [-0.05, 0) is 54.8 Å². The fraction of sp³-hybridized carbons (Fsp3) is 0.298. The molecule has 0 bridgehead atoms. The van der Waals surface area contributed by atoms with Crippen molar-refractivity contribution in [3.05, 3.63) is 130 Å². The molecule has 19 heteroatoms. The Morgan fingerprint density at radius 2 is 1.18 bits per heavy atom. The third kappa shape index (κ3) is 13.8. The van der Waals surface area contributed by atoms with Gasteiger partial charge in [-0.2, -0.15) is 0 Å². The number of hydrogen-bond donors (Lipinski definition) is 3. The van der Waals surface area contributed by atoms with E-state index in [4.69, 9.17) is 27.5 Å². The number of nitrogens with zero attached hydrogens (tertiary/aromatic N) is 7. The van der Waals surface area contributed by atoms with Gasteiger partial charge in [-0.25, -0.2) is 4.39 Å². The summed E-state index contributed by atoms with van der Waals surface area (Å²) in [5.41, 5.74) is 8.92. The molecule has 0 atom stereocenters. The van der Waals surface area contributed by atoms with Crippen LogP contribution in [0.25, 0.3) is 21.1 Å². The largest absolute Gasteiger partial charge is 0.481 e. The highest BCUT2D eigenvalue weighted by Gasteiger charge is 2.32. The Morgan fingerprint density at radius 1 is 0.712 bits per heavy atom. The number of likely N-dealkylation sites (tertiary alicyclic amines) is 1. The molecule has 4 N–H and O–H groups in total. The van der Waals surface area contributed by atoms with E-state index in [0.717, 1.165) is 42.4 Å². The lowest BCUT2D eigenvalue weighted by Gasteiger charge is -2.36. The van der Waals surface area contributed by atoms with Gasteiger partial charge in [0.05, 0.1) is 22.1 Å².